The molecule has 31 heavy (non-hydrogen) atoms. The van der Waals surface area contributed by atoms with Crippen molar-refractivity contribution in [2.75, 3.05) is 54.1 Å². The number of halogens is 1. The summed E-state index contributed by atoms with van der Waals surface area (Å²) < 4.78 is 16.3. The van der Waals surface area contributed by atoms with E-state index in [9.17, 15) is 0 Å². The summed E-state index contributed by atoms with van der Waals surface area (Å²) in [4.78, 5) is 7.33. The monoisotopic (exact) mass is 548 g/mol. The van der Waals surface area contributed by atoms with Crippen molar-refractivity contribution in [3.05, 3.63) is 17.7 Å². The van der Waals surface area contributed by atoms with Gasteiger partial charge in [0.2, 0.25) is 5.75 Å². The fourth-order valence-electron chi connectivity index (χ4n) is 3.90. The molecule has 1 aliphatic heterocycles. The van der Waals surface area contributed by atoms with E-state index < -0.39 is 0 Å². The number of methoxy groups -OCH3 is 3. The number of aliphatic imine (C=N–C) groups is 1. The van der Waals surface area contributed by atoms with E-state index in [2.05, 4.69) is 29.4 Å². The van der Waals surface area contributed by atoms with E-state index in [4.69, 9.17) is 19.2 Å². The lowest BCUT2D eigenvalue weighted by atomic mass is 10.0. The number of unbranched alkanes of at least 4 members (excludes halogenated alkanes) is 1. The summed E-state index contributed by atoms with van der Waals surface area (Å²) in [6.07, 6.45) is 5.08. The second-order valence-corrected chi connectivity index (χ2v) is 7.91. The second-order valence-electron chi connectivity index (χ2n) is 7.91. The predicted molar refractivity (Wildman–Crippen MR) is 138 cm³/mol. The first-order valence-corrected chi connectivity index (χ1v) is 11.1. The maximum atomic E-state index is 5.43. The minimum absolute atomic E-state index is 0. The Labute approximate surface area is 205 Å². The molecule has 0 bridgehead atoms. The van der Waals surface area contributed by atoms with Crippen LogP contribution in [0.3, 0.4) is 0 Å². The summed E-state index contributed by atoms with van der Waals surface area (Å²) in [6.45, 7) is 10.4. The summed E-state index contributed by atoms with van der Waals surface area (Å²) in [6, 6.07) is 3.88. The molecule has 0 aliphatic carbocycles. The molecule has 1 heterocycles. The standard InChI is InChI=1S/C23H40N4O3.HI/c1-6-24-23(25-11-7-8-12-27-13-9-10-18(2)17-27)26-16-19-14-20(28-3)22(30-5)21(15-19)29-4;/h14-15,18H,6-13,16-17H2,1-5H3,(H2,24,25,26);1H. The van der Waals surface area contributed by atoms with E-state index in [1.807, 2.05) is 12.1 Å². The highest BCUT2D eigenvalue weighted by molar-refractivity contribution is 14.0. The van der Waals surface area contributed by atoms with Gasteiger partial charge in [0.25, 0.3) is 0 Å². The van der Waals surface area contributed by atoms with Gasteiger partial charge >= 0.3 is 0 Å². The highest BCUT2D eigenvalue weighted by Gasteiger charge is 2.15. The largest absolute Gasteiger partial charge is 0.493 e. The lowest BCUT2D eigenvalue weighted by Crippen LogP contribution is -2.38. The summed E-state index contributed by atoms with van der Waals surface area (Å²) >= 11 is 0. The lowest BCUT2D eigenvalue weighted by molar-refractivity contribution is 0.181. The molecular formula is C23H41IN4O3. The highest BCUT2D eigenvalue weighted by atomic mass is 127. The molecule has 0 radical (unpaired) electrons. The third-order valence-corrected chi connectivity index (χ3v) is 5.42. The van der Waals surface area contributed by atoms with Crippen molar-refractivity contribution in [3.8, 4) is 17.2 Å². The Morgan fingerprint density at radius 2 is 1.81 bits per heavy atom. The summed E-state index contributed by atoms with van der Waals surface area (Å²) in [5.74, 6) is 3.57. The smallest absolute Gasteiger partial charge is 0.203 e. The summed E-state index contributed by atoms with van der Waals surface area (Å²) in [5.41, 5.74) is 1.00. The van der Waals surface area contributed by atoms with E-state index in [0.717, 1.165) is 37.0 Å². The van der Waals surface area contributed by atoms with Gasteiger partial charge in [-0.2, -0.15) is 0 Å². The average molecular weight is 549 g/mol. The van der Waals surface area contributed by atoms with E-state index in [1.54, 1.807) is 21.3 Å². The van der Waals surface area contributed by atoms with Gasteiger partial charge in [0.05, 0.1) is 27.9 Å². The van der Waals surface area contributed by atoms with Crippen molar-refractivity contribution >= 4 is 29.9 Å². The maximum absolute atomic E-state index is 5.43. The highest BCUT2D eigenvalue weighted by Crippen LogP contribution is 2.38. The molecule has 1 atom stereocenters. The number of benzene rings is 1. The first-order chi connectivity index (χ1) is 14.6. The molecule has 2 rings (SSSR count). The van der Waals surface area contributed by atoms with Crippen LogP contribution in [0.25, 0.3) is 0 Å². The normalized spacial score (nSPS) is 16.9. The molecule has 1 fully saturated rings. The SMILES string of the molecule is CCNC(=NCc1cc(OC)c(OC)c(OC)c1)NCCCCN1CCCC(C)C1.I. The van der Waals surface area contributed by atoms with Crippen LogP contribution in [0.4, 0.5) is 0 Å². The molecule has 178 valence electrons. The van der Waals surface area contributed by atoms with Crippen molar-refractivity contribution in [2.45, 2.75) is 46.1 Å². The number of guanidine groups is 1. The molecule has 0 saturated carbocycles. The van der Waals surface area contributed by atoms with Crippen molar-refractivity contribution < 1.29 is 14.2 Å². The lowest BCUT2D eigenvalue weighted by Gasteiger charge is -2.30. The van der Waals surface area contributed by atoms with Crippen LogP contribution in [0.5, 0.6) is 17.2 Å². The number of nitrogens with zero attached hydrogens (tertiary/aromatic N) is 2. The van der Waals surface area contributed by atoms with Crippen LogP contribution < -0.4 is 24.8 Å². The average Bonchev–Trinajstić information content (AvgIpc) is 2.76. The molecule has 0 spiro atoms. The van der Waals surface area contributed by atoms with Crippen molar-refractivity contribution in [1.29, 1.82) is 0 Å². The van der Waals surface area contributed by atoms with Gasteiger partial charge in [0.15, 0.2) is 17.5 Å². The summed E-state index contributed by atoms with van der Waals surface area (Å²) in [7, 11) is 4.86. The Bertz CT molecular complexity index is 647. The number of piperidine rings is 1. The molecule has 2 N–H and O–H groups in total. The minimum atomic E-state index is 0. The molecule has 0 amide bonds. The zero-order valence-electron chi connectivity index (χ0n) is 19.8. The topological polar surface area (TPSA) is 67.4 Å². The van der Waals surface area contributed by atoms with Gasteiger partial charge in [0, 0.05) is 19.6 Å². The molecule has 1 saturated heterocycles. The quantitative estimate of drug-likeness (QED) is 0.189. The Hall–Kier alpha value is -1.42. The van der Waals surface area contributed by atoms with Crippen molar-refractivity contribution in [2.24, 2.45) is 10.9 Å². The first kappa shape index (κ1) is 27.6. The number of nitrogens with one attached hydrogen (secondary N) is 2. The second kappa shape index (κ2) is 15.4. The van der Waals surface area contributed by atoms with Crippen molar-refractivity contribution in [1.82, 2.24) is 15.5 Å². The fraction of sp³-hybridized carbons (Fsp3) is 0.696. The van der Waals surface area contributed by atoms with Gasteiger partial charge in [-0.1, -0.05) is 6.92 Å². The third kappa shape index (κ3) is 9.31. The molecular weight excluding hydrogens is 507 g/mol. The molecule has 0 aromatic heterocycles. The van der Waals surface area contributed by atoms with Gasteiger partial charge in [0.1, 0.15) is 0 Å². The number of hydrogen-bond donors (Lipinski definition) is 2. The van der Waals surface area contributed by atoms with Crippen LogP contribution in [-0.2, 0) is 6.54 Å². The van der Waals surface area contributed by atoms with E-state index in [0.29, 0.717) is 23.8 Å². The van der Waals surface area contributed by atoms with Gasteiger partial charge < -0.3 is 29.7 Å². The zero-order chi connectivity index (χ0) is 21.8. The molecule has 8 heteroatoms. The van der Waals surface area contributed by atoms with Crippen LogP contribution in [0.2, 0.25) is 0 Å². The van der Waals surface area contributed by atoms with E-state index in [-0.39, 0.29) is 24.0 Å². The van der Waals surface area contributed by atoms with Gasteiger partial charge in [-0.05, 0) is 69.3 Å². The van der Waals surface area contributed by atoms with E-state index in [1.165, 1.54) is 38.9 Å². The first-order valence-electron chi connectivity index (χ1n) is 11.1. The summed E-state index contributed by atoms with van der Waals surface area (Å²) in [5, 5.41) is 6.77. The molecule has 1 aromatic carbocycles. The molecule has 7 nitrogen and oxygen atoms in total. The number of ether oxygens (including phenoxy) is 3. The van der Waals surface area contributed by atoms with Gasteiger partial charge in [-0.3, -0.25) is 0 Å². The molecule has 1 aromatic rings. The van der Waals surface area contributed by atoms with Crippen molar-refractivity contribution in [3.63, 3.8) is 0 Å². The number of rotatable bonds is 11. The van der Waals surface area contributed by atoms with Gasteiger partial charge in [-0.25, -0.2) is 4.99 Å². The van der Waals surface area contributed by atoms with E-state index >= 15 is 0 Å². The third-order valence-electron chi connectivity index (χ3n) is 5.42. The number of hydrogen-bond acceptors (Lipinski definition) is 5. The Balaban J connectivity index is 0.00000480. The Morgan fingerprint density at radius 1 is 1.10 bits per heavy atom. The number of likely N-dealkylation sites (tertiary alicyclic amines) is 1. The van der Waals surface area contributed by atoms with Crippen LogP contribution >= 0.6 is 24.0 Å². The maximum Gasteiger partial charge on any atom is 0.203 e. The zero-order valence-corrected chi connectivity index (χ0v) is 22.2. The minimum Gasteiger partial charge on any atom is -0.493 e. The fourth-order valence-corrected chi connectivity index (χ4v) is 3.90. The van der Waals surface area contributed by atoms with Gasteiger partial charge in [-0.15, -0.1) is 24.0 Å². The molecule has 1 aliphatic rings. The van der Waals surface area contributed by atoms with Crippen LogP contribution in [0.1, 0.15) is 45.1 Å². The van der Waals surface area contributed by atoms with Crippen LogP contribution in [0, 0.1) is 5.92 Å². The Morgan fingerprint density at radius 3 is 2.39 bits per heavy atom. The molecule has 1 unspecified atom stereocenters. The Kier molecular flexibility index (Phi) is 13.7. The van der Waals surface area contributed by atoms with Crippen LogP contribution in [0.15, 0.2) is 17.1 Å². The van der Waals surface area contributed by atoms with Crippen LogP contribution in [-0.4, -0.2) is 64.9 Å². The predicted octanol–water partition coefficient (Wildman–Crippen LogP) is 3.90.